The number of hydrogen-bond acceptors (Lipinski definition) is 2. The molecule has 2 saturated heterocycles. The maximum absolute atomic E-state index is 3.49. The average Bonchev–Trinajstić information content (AvgIpc) is 2.48. The first-order chi connectivity index (χ1) is 6.27. The second-order valence-electron chi connectivity index (χ2n) is 4.96. The molecule has 0 aliphatic carbocycles. The topological polar surface area (TPSA) is 15.3 Å². The molecule has 2 unspecified atom stereocenters. The van der Waals surface area contributed by atoms with E-state index >= 15 is 0 Å². The molecule has 0 aromatic rings. The second-order valence-corrected chi connectivity index (χ2v) is 4.96. The lowest BCUT2D eigenvalue weighted by Crippen LogP contribution is -2.50. The van der Waals surface area contributed by atoms with Gasteiger partial charge in [-0.2, -0.15) is 0 Å². The lowest BCUT2D eigenvalue weighted by Gasteiger charge is -2.35. The quantitative estimate of drug-likeness (QED) is 0.695. The summed E-state index contributed by atoms with van der Waals surface area (Å²) in [6.07, 6.45) is 4.26. The van der Waals surface area contributed by atoms with Gasteiger partial charge in [0.05, 0.1) is 0 Å². The molecule has 2 rings (SSSR count). The van der Waals surface area contributed by atoms with Gasteiger partial charge in [0, 0.05) is 31.7 Å². The largest absolute Gasteiger partial charge is 0.314 e. The van der Waals surface area contributed by atoms with Gasteiger partial charge >= 0.3 is 0 Å². The number of piperazine rings is 1. The third kappa shape index (κ3) is 2.05. The molecule has 0 bridgehead atoms. The predicted octanol–water partition coefficient (Wildman–Crippen LogP) is 1.47. The third-order valence-corrected chi connectivity index (χ3v) is 3.44. The number of hydrogen-bond donors (Lipinski definition) is 1. The first kappa shape index (κ1) is 9.47. The number of nitrogens with zero attached hydrogens (tertiary/aromatic N) is 1. The van der Waals surface area contributed by atoms with E-state index in [1.807, 2.05) is 0 Å². The van der Waals surface area contributed by atoms with Crippen LogP contribution in [-0.4, -0.2) is 36.6 Å². The van der Waals surface area contributed by atoms with Crippen molar-refractivity contribution in [3.05, 3.63) is 0 Å². The number of rotatable bonds is 2. The minimum Gasteiger partial charge on any atom is -0.314 e. The van der Waals surface area contributed by atoms with E-state index in [0.29, 0.717) is 0 Å². The van der Waals surface area contributed by atoms with E-state index in [0.717, 1.165) is 18.0 Å². The summed E-state index contributed by atoms with van der Waals surface area (Å²) in [5.41, 5.74) is 0. The van der Waals surface area contributed by atoms with Crippen molar-refractivity contribution in [1.29, 1.82) is 0 Å². The molecule has 2 atom stereocenters. The molecule has 0 amide bonds. The molecule has 2 aliphatic heterocycles. The minimum absolute atomic E-state index is 0.859. The van der Waals surface area contributed by atoms with E-state index in [1.54, 1.807) is 0 Å². The van der Waals surface area contributed by atoms with Gasteiger partial charge in [0.25, 0.3) is 0 Å². The Morgan fingerprint density at radius 1 is 1.38 bits per heavy atom. The van der Waals surface area contributed by atoms with Gasteiger partial charge < -0.3 is 5.32 Å². The Bertz CT molecular complexity index is 167. The van der Waals surface area contributed by atoms with Crippen molar-refractivity contribution in [3.8, 4) is 0 Å². The van der Waals surface area contributed by atoms with Crippen LogP contribution in [0.25, 0.3) is 0 Å². The Morgan fingerprint density at radius 3 is 3.00 bits per heavy atom. The third-order valence-electron chi connectivity index (χ3n) is 3.44. The molecular formula is C11H22N2. The normalized spacial score (nSPS) is 35.3. The first-order valence-corrected chi connectivity index (χ1v) is 5.74. The highest BCUT2D eigenvalue weighted by Crippen LogP contribution is 2.28. The van der Waals surface area contributed by atoms with Crippen LogP contribution in [0, 0.1) is 5.92 Å². The Hall–Kier alpha value is -0.0800. The van der Waals surface area contributed by atoms with Crippen LogP contribution in [0.2, 0.25) is 0 Å². The van der Waals surface area contributed by atoms with Crippen molar-refractivity contribution in [1.82, 2.24) is 10.2 Å². The summed E-state index contributed by atoms with van der Waals surface area (Å²) in [5, 5.41) is 3.49. The van der Waals surface area contributed by atoms with Gasteiger partial charge in [-0.25, -0.2) is 0 Å². The molecule has 2 fully saturated rings. The lowest BCUT2D eigenvalue weighted by molar-refractivity contribution is 0.147. The molecule has 2 nitrogen and oxygen atoms in total. The highest BCUT2D eigenvalue weighted by molar-refractivity contribution is 4.91. The van der Waals surface area contributed by atoms with Gasteiger partial charge in [-0.3, -0.25) is 4.90 Å². The molecule has 0 aromatic heterocycles. The SMILES string of the molecule is CC(C)CC1CCC2CNCCN21. The van der Waals surface area contributed by atoms with Crippen LogP contribution >= 0.6 is 0 Å². The van der Waals surface area contributed by atoms with Crippen molar-refractivity contribution in [2.75, 3.05) is 19.6 Å². The van der Waals surface area contributed by atoms with E-state index in [1.165, 1.54) is 38.9 Å². The number of fused-ring (bicyclic) bond motifs is 1. The van der Waals surface area contributed by atoms with Gasteiger partial charge in [0.2, 0.25) is 0 Å². The van der Waals surface area contributed by atoms with Gasteiger partial charge in [0.1, 0.15) is 0 Å². The predicted molar refractivity (Wildman–Crippen MR) is 55.8 cm³/mol. The van der Waals surface area contributed by atoms with Gasteiger partial charge in [-0.05, 0) is 25.2 Å². The Labute approximate surface area is 81.7 Å². The molecule has 76 valence electrons. The summed E-state index contributed by atoms with van der Waals surface area (Å²) in [4.78, 5) is 2.75. The zero-order chi connectivity index (χ0) is 9.26. The maximum Gasteiger partial charge on any atom is 0.0224 e. The van der Waals surface area contributed by atoms with Crippen LogP contribution < -0.4 is 5.32 Å². The molecule has 2 aliphatic rings. The molecule has 0 saturated carbocycles. The van der Waals surface area contributed by atoms with Crippen molar-refractivity contribution in [3.63, 3.8) is 0 Å². The Balaban J connectivity index is 1.91. The highest BCUT2D eigenvalue weighted by Gasteiger charge is 2.34. The molecule has 0 aromatic carbocycles. The van der Waals surface area contributed by atoms with Crippen molar-refractivity contribution >= 4 is 0 Å². The fraction of sp³-hybridized carbons (Fsp3) is 1.00. The minimum atomic E-state index is 0.859. The lowest BCUT2D eigenvalue weighted by atomic mass is 10.0. The fourth-order valence-corrected chi connectivity index (χ4v) is 2.87. The van der Waals surface area contributed by atoms with Crippen LogP contribution in [0.1, 0.15) is 33.1 Å². The number of nitrogens with one attached hydrogen (secondary N) is 1. The molecule has 2 heteroatoms. The molecule has 2 heterocycles. The second kappa shape index (κ2) is 3.97. The monoisotopic (exact) mass is 182 g/mol. The summed E-state index contributed by atoms with van der Waals surface area (Å²) in [5.74, 6) is 0.860. The van der Waals surface area contributed by atoms with E-state index in [9.17, 15) is 0 Å². The standard InChI is InChI=1S/C11H22N2/c1-9(2)7-10-3-4-11-8-12-5-6-13(10)11/h9-12H,3-8H2,1-2H3. The summed E-state index contributed by atoms with van der Waals surface area (Å²) in [7, 11) is 0. The Kier molecular flexibility index (Phi) is 2.89. The van der Waals surface area contributed by atoms with Crippen LogP contribution in [0.5, 0.6) is 0 Å². The highest BCUT2D eigenvalue weighted by atomic mass is 15.3. The smallest absolute Gasteiger partial charge is 0.0224 e. The van der Waals surface area contributed by atoms with Gasteiger partial charge in [-0.15, -0.1) is 0 Å². The first-order valence-electron chi connectivity index (χ1n) is 5.74. The zero-order valence-electron chi connectivity index (χ0n) is 8.92. The van der Waals surface area contributed by atoms with Crippen molar-refractivity contribution in [2.24, 2.45) is 5.92 Å². The van der Waals surface area contributed by atoms with E-state index in [-0.39, 0.29) is 0 Å². The fourth-order valence-electron chi connectivity index (χ4n) is 2.87. The molecule has 0 radical (unpaired) electrons. The summed E-state index contributed by atoms with van der Waals surface area (Å²) in [6, 6.07) is 1.75. The maximum atomic E-state index is 3.49. The van der Waals surface area contributed by atoms with Crippen LogP contribution in [0.3, 0.4) is 0 Å². The summed E-state index contributed by atoms with van der Waals surface area (Å²) in [6.45, 7) is 8.40. The van der Waals surface area contributed by atoms with Gasteiger partial charge in [-0.1, -0.05) is 13.8 Å². The molecule has 0 spiro atoms. The molecular weight excluding hydrogens is 160 g/mol. The zero-order valence-corrected chi connectivity index (χ0v) is 8.92. The van der Waals surface area contributed by atoms with E-state index in [4.69, 9.17) is 0 Å². The van der Waals surface area contributed by atoms with Gasteiger partial charge in [0.15, 0.2) is 0 Å². The van der Waals surface area contributed by atoms with Crippen LogP contribution in [0.15, 0.2) is 0 Å². The van der Waals surface area contributed by atoms with Crippen molar-refractivity contribution < 1.29 is 0 Å². The average molecular weight is 182 g/mol. The van der Waals surface area contributed by atoms with Crippen LogP contribution in [-0.2, 0) is 0 Å². The van der Waals surface area contributed by atoms with E-state index < -0.39 is 0 Å². The molecule has 1 N–H and O–H groups in total. The Morgan fingerprint density at radius 2 is 2.23 bits per heavy atom. The van der Waals surface area contributed by atoms with E-state index in [2.05, 4.69) is 24.1 Å². The molecule has 13 heavy (non-hydrogen) atoms. The summed E-state index contributed by atoms with van der Waals surface area (Å²) < 4.78 is 0. The summed E-state index contributed by atoms with van der Waals surface area (Å²) >= 11 is 0. The van der Waals surface area contributed by atoms with Crippen LogP contribution in [0.4, 0.5) is 0 Å². The van der Waals surface area contributed by atoms with Crippen molar-refractivity contribution in [2.45, 2.75) is 45.2 Å².